The van der Waals surface area contributed by atoms with Gasteiger partial charge in [0.2, 0.25) is 5.91 Å². The molecule has 2 aromatic rings. The Labute approximate surface area is 112 Å². The lowest BCUT2D eigenvalue weighted by atomic mass is 10.2. The van der Waals surface area contributed by atoms with Gasteiger partial charge in [0, 0.05) is 36.5 Å². The number of benzene rings is 1. The van der Waals surface area contributed by atoms with E-state index in [4.69, 9.17) is 0 Å². The molecule has 0 unspecified atom stereocenters. The Bertz CT molecular complexity index is 628. The summed E-state index contributed by atoms with van der Waals surface area (Å²) >= 11 is 0. The molecule has 0 atom stereocenters. The van der Waals surface area contributed by atoms with Crippen molar-refractivity contribution in [2.45, 2.75) is 26.7 Å². The topological polar surface area (TPSA) is 53.2 Å². The van der Waals surface area contributed by atoms with E-state index in [0.29, 0.717) is 6.42 Å². The summed E-state index contributed by atoms with van der Waals surface area (Å²) in [7, 11) is 1.76. The molecule has 1 N–H and O–H groups in total. The van der Waals surface area contributed by atoms with Crippen molar-refractivity contribution in [3.63, 3.8) is 0 Å². The van der Waals surface area contributed by atoms with E-state index in [1.165, 1.54) is 6.92 Å². The summed E-state index contributed by atoms with van der Waals surface area (Å²) in [6.45, 7) is 3.45. The molecule has 0 bridgehead atoms. The fraction of sp³-hybridized carbons (Fsp3) is 0.333. The molecule has 1 amide bonds. The number of Topliss-reactive ketones (excluding diaryl/α,β-unsaturated/α-hetero) is 1. The molecular weight excluding hydrogens is 240 g/mol. The predicted octanol–water partition coefficient (Wildman–Crippen LogP) is 2.81. The van der Waals surface area contributed by atoms with Gasteiger partial charge in [-0.25, -0.2) is 0 Å². The minimum atomic E-state index is -0.0388. The van der Waals surface area contributed by atoms with E-state index in [9.17, 15) is 9.59 Å². The molecule has 0 aliphatic rings. The Hall–Kier alpha value is -2.10. The van der Waals surface area contributed by atoms with Gasteiger partial charge < -0.3 is 14.7 Å². The maximum absolute atomic E-state index is 12.1. The third-order valence-electron chi connectivity index (χ3n) is 3.26. The normalized spacial score (nSPS) is 10.7. The Kier molecular flexibility index (Phi) is 3.69. The zero-order valence-electron chi connectivity index (χ0n) is 11.5. The van der Waals surface area contributed by atoms with Crippen molar-refractivity contribution < 1.29 is 9.59 Å². The van der Waals surface area contributed by atoms with Gasteiger partial charge in [-0.05, 0) is 19.9 Å². The third kappa shape index (κ3) is 2.67. The fourth-order valence-electron chi connectivity index (χ4n) is 2.27. The minimum Gasteiger partial charge on any atom is -0.357 e. The first-order chi connectivity index (χ1) is 9.00. The molecule has 0 aliphatic heterocycles. The van der Waals surface area contributed by atoms with Gasteiger partial charge in [0.25, 0.3) is 0 Å². The molecule has 0 saturated carbocycles. The van der Waals surface area contributed by atoms with Crippen molar-refractivity contribution in [3.05, 3.63) is 30.0 Å². The van der Waals surface area contributed by atoms with E-state index in [1.807, 2.05) is 31.2 Å². The molecule has 1 aromatic heterocycles. The van der Waals surface area contributed by atoms with Gasteiger partial charge >= 0.3 is 0 Å². The first-order valence-corrected chi connectivity index (χ1v) is 6.34. The summed E-state index contributed by atoms with van der Waals surface area (Å²) < 4.78 is 0. The first-order valence-electron chi connectivity index (χ1n) is 6.34. The lowest BCUT2D eigenvalue weighted by Gasteiger charge is -2.17. The molecule has 19 heavy (non-hydrogen) atoms. The molecule has 1 aromatic carbocycles. The number of rotatable bonds is 4. The Morgan fingerprint density at radius 1 is 1.21 bits per heavy atom. The largest absolute Gasteiger partial charge is 0.357 e. The van der Waals surface area contributed by atoms with Crippen molar-refractivity contribution in [2.75, 3.05) is 11.9 Å². The Morgan fingerprint density at radius 2 is 1.89 bits per heavy atom. The third-order valence-corrected chi connectivity index (χ3v) is 3.26. The molecule has 0 spiro atoms. The second kappa shape index (κ2) is 5.26. The summed E-state index contributed by atoms with van der Waals surface area (Å²) in [5.41, 5.74) is 2.87. The summed E-state index contributed by atoms with van der Waals surface area (Å²) in [6, 6.07) is 7.88. The standard InChI is InChI=1S/C15H18N2O2/c1-10(18)8-9-14(19)17(3)15-11(2)16-13-7-5-4-6-12(13)15/h4-7,16H,8-9H2,1-3H3. The van der Waals surface area contributed by atoms with Crippen LogP contribution in [0.3, 0.4) is 0 Å². The summed E-state index contributed by atoms with van der Waals surface area (Å²) in [6.07, 6.45) is 0.551. The average molecular weight is 258 g/mol. The van der Waals surface area contributed by atoms with Gasteiger partial charge in [-0.2, -0.15) is 0 Å². The highest BCUT2D eigenvalue weighted by molar-refractivity contribution is 6.04. The van der Waals surface area contributed by atoms with Gasteiger partial charge in [-0.15, -0.1) is 0 Å². The molecule has 0 radical (unpaired) electrons. The molecule has 1 heterocycles. The number of H-pyrrole nitrogens is 1. The molecule has 4 heteroatoms. The number of carbonyl (C=O) groups is 2. The highest BCUT2D eigenvalue weighted by Crippen LogP contribution is 2.30. The van der Waals surface area contributed by atoms with Crippen molar-refractivity contribution in [1.82, 2.24) is 4.98 Å². The Balaban J connectivity index is 2.30. The number of nitrogens with one attached hydrogen (secondary N) is 1. The molecule has 100 valence electrons. The molecule has 0 saturated heterocycles. The van der Waals surface area contributed by atoms with Crippen LogP contribution in [0, 0.1) is 6.92 Å². The van der Waals surface area contributed by atoms with Crippen LogP contribution in [0.4, 0.5) is 5.69 Å². The zero-order chi connectivity index (χ0) is 14.0. The van der Waals surface area contributed by atoms with Crippen LogP contribution in [0.1, 0.15) is 25.5 Å². The number of nitrogens with zero attached hydrogens (tertiary/aromatic N) is 1. The smallest absolute Gasteiger partial charge is 0.227 e. The molecule has 0 fully saturated rings. The number of hydrogen-bond donors (Lipinski definition) is 1. The number of aromatic nitrogens is 1. The number of anilines is 1. The van der Waals surface area contributed by atoms with Crippen molar-refractivity contribution in [3.8, 4) is 0 Å². The van der Waals surface area contributed by atoms with Crippen LogP contribution in [0.5, 0.6) is 0 Å². The molecule has 0 aliphatic carbocycles. The number of hydrogen-bond acceptors (Lipinski definition) is 2. The van der Waals surface area contributed by atoms with Crippen LogP contribution < -0.4 is 4.90 Å². The van der Waals surface area contributed by atoms with Crippen LogP contribution in [0.25, 0.3) is 10.9 Å². The maximum atomic E-state index is 12.1. The van der Waals surface area contributed by atoms with E-state index >= 15 is 0 Å². The zero-order valence-corrected chi connectivity index (χ0v) is 11.5. The fourth-order valence-corrected chi connectivity index (χ4v) is 2.27. The monoisotopic (exact) mass is 258 g/mol. The van der Waals surface area contributed by atoms with E-state index in [1.54, 1.807) is 11.9 Å². The molecular formula is C15H18N2O2. The first kappa shape index (κ1) is 13.3. The van der Waals surface area contributed by atoms with Gasteiger partial charge in [0.15, 0.2) is 0 Å². The van der Waals surface area contributed by atoms with Crippen molar-refractivity contribution in [1.29, 1.82) is 0 Å². The number of aryl methyl sites for hydroxylation is 1. The van der Waals surface area contributed by atoms with Gasteiger partial charge in [0.1, 0.15) is 5.78 Å². The van der Waals surface area contributed by atoms with Gasteiger partial charge in [-0.1, -0.05) is 18.2 Å². The lowest BCUT2D eigenvalue weighted by molar-refractivity contribution is -0.122. The SMILES string of the molecule is CC(=O)CCC(=O)N(C)c1c(C)[nH]c2ccccc12. The van der Waals surface area contributed by atoms with Crippen LogP contribution in [-0.4, -0.2) is 23.7 Å². The summed E-state index contributed by atoms with van der Waals surface area (Å²) in [5.74, 6) is 0.000418. The number of carbonyl (C=O) groups excluding carboxylic acids is 2. The Morgan fingerprint density at radius 3 is 2.58 bits per heavy atom. The van der Waals surface area contributed by atoms with E-state index in [2.05, 4.69) is 4.98 Å². The number of ketones is 1. The molecule has 4 nitrogen and oxygen atoms in total. The van der Waals surface area contributed by atoms with Crippen molar-refractivity contribution >= 4 is 28.3 Å². The van der Waals surface area contributed by atoms with Crippen LogP contribution >= 0.6 is 0 Å². The van der Waals surface area contributed by atoms with E-state index in [-0.39, 0.29) is 18.1 Å². The van der Waals surface area contributed by atoms with Crippen LogP contribution in [-0.2, 0) is 9.59 Å². The highest BCUT2D eigenvalue weighted by atomic mass is 16.2. The van der Waals surface area contributed by atoms with E-state index in [0.717, 1.165) is 22.3 Å². The highest BCUT2D eigenvalue weighted by Gasteiger charge is 2.17. The predicted molar refractivity (Wildman–Crippen MR) is 76.4 cm³/mol. The quantitative estimate of drug-likeness (QED) is 0.916. The number of aromatic amines is 1. The average Bonchev–Trinajstić information content (AvgIpc) is 2.70. The summed E-state index contributed by atoms with van der Waals surface area (Å²) in [4.78, 5) is 28.0. The minimum absolute atomic E-state index is 0.0388. The molecule has 2 rings (SSSR count). The van der Waals surface area contributed by atoms with Gasteiger partial charge in [-0.3, -0.25) is 4.79 Å². The maximum Gasteiger partial charge on any atom is 0.227 e. The van der Waals surface area contributed by atoms with Crippen LogP contribution in [0.2, 0.25) is 0 Å². The van der Waals surface area contributed by atoms with Gasteiger partial charge in [0.05, 0.1) is 5.69 Å². The summed E-state index contributed by atoms with van der Waals surface area (Å²) in [5, 5.41) is 1.03. The van der Waals surface area contributed by atoms with E-state index < -0.39 is 0 Å². The van der Waals surface area contributed by atoms with Crippen LogP contribution in [0.15, 0.2) is 24.3 Å². The second-order valence-electron chi connectivity index (χ2n) is 4.80. The lowest BCUT2D eigenvalue weighted by Crippen LogP contribution is -2.26. The number of fused-ring (bicyclic) bond motifs is 1. The second-order valence-corrected chi connectivity index (χ2v) is 4.80. The van der Waals surface area contributed by atoms with Crippen molar-refractivity contribution in [2.24, 2.45) is 0 Å². The number of para-hydroxylation sites is 1. The number of amides is 1.